The van der Waals surface area contributed by atoms with Gasteiger partial charge in [0.2, 0.25) is 10.0 Å². The number of amides is 1. The van der Waals surface area contributed by atoms with Crippen LogP contribution in [-0.4, -0.2) is 62.8 Å². The molecule has 0 aliphatic carbocycles. The van der Waals surface area contributed by atoms with E-state index in [1.165, 1.54) is 23.2 Å². The van der Waals surface area contributed by atoms with E-state index in [1.54, 1.807) is 32.0 Å². The zero-order valence-electron chi connectivity index (χ0n) is 16.8. The van der Waals surface area contributed by atoms with Crippen LogP contribution in [0, 0.1) is 5.92 Å². The summed E-state index contributed by atoms with van der Waals surface area (Å²) in [5, 5.41) is 2.91. The van der Waals surface area contributed by atoms with Crippen molar-refractivity contribution in [3.63, 3.8) is 0 Å². The third-order valence-electron chi connectivity index (χ3n) is 5.25. The van der Waals surface area contributed by atoms with E-state index < -0.39 is 10.0 Å². The zero-order valence-corrected chi connectivity index (χ0v) is 17.6. The highest BCUT2D eigenvalue weighted by molar-refractivity contribution is 7.89. The van der Waals surface area contributed by atoms with Gasteiger partial charge in [0.15, 0.2) is 0 Å². The second kappa shape index (κ2) is 10.2. The molecule has 6 nitrogen and oxygen atoms in total. The molecule has 1 aliphatic heterocycles. The van der Waals surface area contributed by atoms with Crippen LogP contribution >= 0.6 is 0 Å². The average molecular weight is 396 g/mol. The molecule has 1 N–H and O–H groups in total. The predicted octanol–water partition coefficient (Wildman–Crippen LogP) is 2.57. The summed E-state index contributed by atoms with van der Waals surface area (Å²) in [6.45, 7) is 10.6. The van der Waals surface area contributed by atoms with Crippen LogP contribution in [0.3, 0.4) is 0 Å². The van der Waals surface area contributed by atoms with Gasteiger partial charge in [0.1, 0.15) is 0 Å². The summed E-state index contributed by atoms with van der Waals surface area (Å²) >= 11 is 0. The Balaban J connectivity index is 1.88. The van der Waals surface area contributed by atoms with Gasteiger partial charge in [0, 0.05) is 25.2 Å². The van der Waals surface area contributed by atoms with E-state index in [4.69, 9.17) is 0 Å². The van der Waals surface area contributed by atoms with Crippen LogP contribution in [0.5, 0.6) is 0 Å². The Bertz CT molecular complexity index is 709. The first kappa shape index (κ1) is 21.9. The number of nitrogens with one attached hydrogen (secondary N) is 1. The SMILES string of the molecule is CCN(CC)S(=O)(=O)c1cccc(C(=O)NCCCN2CCC(C)CC2)c1. The van der Waals surface area contributed by atoms with Crippen molar-refractivity contribution in [3.05, 3.63) is 29.8 Å². The fourth-order valence-electron chi connectivity index (χ4n) is 3.40. The molecular formula is C20H33N3O3S. The van der Waals surface area contributed by atoms with Gasteiger partial charge >= 0.3 is 0 Å². The smallest absolute Gasteiger partial charge is 0.251 e. The van der Waals surface area contributed by atoms with E-state index in [0.717, 1.165) is 32.0 Å². The quantitative estimate of drug-likeness (QED) is 0.653. The van der Waals surface area contributed by atoms with Gasteiger partial charge in [-0.1, -0.05) is 26.8 Å². The summed E-state index contributed by atoms with van der Waals surface area (Å²) < 4.78 is 26.6. The Kier molecular flexibility index (Phi) is 8.26. The summed E-state index contributed by atoms with van der Waals surface area (Å²) in [7, 11) is -3.55. The first-order valence-electron chi connectivity index (χ1n) is 9.99. The van der Waals surface area contributed by atoms with Crippen molar-refractivity contribution >= 4 is 15.9 Å². The molecule has 1 saturated heterocycles. The van der Waals surface area contributed by atoms with Gasteiger partial charge < -0.3 is 10.2 Å². The van der Waals surface area contributed by atoms with Gasteiger partial charge in [0.05, 0.1) is 4.90 Å². The highest BCUT2D eigenvalue weighted by Gasteiger charge is 2.22. The maximum absolute atomic E-state index is 12.6. The van der Waals surface area contributed by atoms with Crippen molar-refractivity contribution in [1.29, 1.82) is 0 Å². The minimum atomic E-state index is -3.55. The second-order valence-corrected chi connectivity index (χ2v) is 9.19. The molecule has 0 saturated carbocycles. The van der Waals surface area contributed by atoms with Gasteiger partial charge in [-0.05, 0) is 63.0 Å². The number of hydrogen-bond donors (Lipinski definition) is 1. The van der Waals surface area contributed by atoms with Crippen LogP contribution in [0.25, 0.3) is 0 Å². The highest BCUT2D eigenvalue weighted by atomic mass is 32.2. The van der Waals surface area contributed by atoms with Gasteiger partial charge in [-0.25, -0.2) is 8.42 Å². The summed E-state index contributed by atoms with van der Waals surface area (Å²) in [5.74, 6) is 0.597. The number of sulfonamides is 1. The molecule has 152 valence electrons. The molecule has 0 bridgehead atoms. The maximum Gasteiger partial charge on any atom is 0.251 e. The molecule has 7 heteroatoms. The first-order valence-corrected chi connectivity index (χ1v) is 11.4. The largest absolute Gasteiger partial charge is 0.352 e. The predicted molar refractivity (Wildman–Crippen MR) is 108 cm³/mol. The molecule has 1 aromatic rings. The number of nitrogens with zero attached hydrogens (tertiary/aromatic N) is 2. The molecule has 0 unspecified atom stereocenters. The van der Waals surface area contributed by atoms with Crippen molar-refractivity contribution in [2.24, 2.45) is 5.92 Å². The number of hydrogen-bond acceptors (Lipinski definition) is 4. The maximum atomic E-state index is 12.6. The molecular weight excluding hydrogens is 362 g/mol. The van der Waals surface area contributed by atoms with E-state index >= 15 is 0 Å². The van der Waals surface area contributed by atoms with Crippen molar-refractivity contribution in [2.75, 3.05) is 39.3 Å². The van der Waals surface area contributed by atoms with Crippen LogP contribution in [0.1, 0.15) is 50.4 Å². The number of benzene rings is 1. The third-order valence-corrected chi connectivity index (χ3v) is 7.30. The topological polar surface area (TPSA) is 69.7 Å². The summed E-state index contributed by atoms with van der Waals surface area (Å²) in [6, 6.07) is 6.29. The van der Waals surface area contributed by atoms with E-state index in [1.807, 2.05) is 0 Å². The second-order valence-electron chi connectivity index (χ2n) is 7.25. The first-order chi connectivity index (χ1) is 12.9. The van der Waals surface area contributed by atoms with Crippen LogP contribution in [-0.2, 0) is 10.0 Å². The van der Waals surface area contributed by atoms with E-state index in [9.17, 15) is 13.2 Å². The zero-order chi connectivity index (χ0) is 19.9. The molecule has 0 radical (unpaired) electrons. The summed E-state index contributed by atoms with van der Waals surface area (Å²) in [5.41, 5.74) is 0.384. The Hall–Kier alpha value is -1.44. The van der Waals surface area contributed by atoms with Crippen LogP contribution < -0.4 is 5.32 Å². The molecule has 2 rings (SSSR count). The lowest BCUT2D eigenvalue weighted by molar-refractivity contribution is 0.0950. The van der Waals surface area contributed by atoms with Gasteiger partial charge in [0.25, 0.3) is 5.91 Å². The van der Waals surface area contributed by atoms with Crippen LogP contribution in [0.2, 0.25) is 0 Å². The van der Waals surface area contributed by atoms with E-state index in [-0.39, 0.29) is 10.8 Å². The van der Waals surface area contributed by atoms with Crippen molar-refractivity contribution < 1.29 is 13.2 Å². The number of likely N-dealkylation sites (tertiary alicyclic amines) is 1. The molecule has 0 spiro atoms. The number of piperidine rings is 1. The van der Waals surface area contributed by atoms with Crippen molar-refractivity contribution in [1.82, 2.24) is 14.5 Å². The lowest BCUT2D eigenvalue weighted by Crippen LogP contribution is -2.35. The summed E-state index contributed by atoms with van der Waals surface area (Å²) in [4.78, 5) is 15.0. The Morgan fingerprint density at radius 2 is 1.89 bits per heavy atom. The van der Waals surface area contributed by atoms with Gasteiger partial charge in [-0.2, -0.15) is 4.31 Å². The van der Waals surface area contributed by atoms with Crippen molar-refractivity contribution in [2.45, 2.75) is 44.9 Å². The van der Waals surface area contributed by atoms with Gasteiger partial charge in [-0.15, -0.1) is 0 Å². The Labute approximate surface area is 164 Å². The molecule has 1 heterocycles. The van der Waals surface area contributed by atoms with Crippen LogP contribution in [0.4, 0.5) is 0 Å². The normalized spacial score (nSPS) is 16.6. The average Bonchev–Trinajstić information content (AvgIpc) is 2.67. The van der Waals surface area contributed by atoms with E-state index in [2.05, 4.69) is 17.1 Å². The highest BCUT2D eigenvalue weighted by Crippen LogP contribution is 2.17. The lowest BCUT2D eigenvalue weighted by atomic mass is 9.99. The van der Waals surface area contributed by atoms with E-state index in [0.29, 0.717) is 25.2 Å². The molecule has 27 heavy (non-hydrogen) atoms. The monoisotopic (exact) mass is 395 g/mol. The number of carbonyl (C=O) groups excluding carboxylic acids is 1. The lowest BCUT2D eigenvalue weighted by Gasteiger charge is -2.30. The molecule has 1 aromatic carbocycles. The molecule has 1 aliphatic rings. The molecule has 0 aromatic heterocycles. The van der Waals surface area contributed by atoms with Gasteiger partial charge in [-0.3, -0.25) is 4.79 Å². The van der Waals surface area contributed by atoms with Crippen molar-refractivity contribution in [3.8, 4) is 0 Å². The third kappa shape index (κ3) is 6.02. The molecule has 1 fully saturated rings. The standard InChI is InChI=1S/C20H33N3O3S/c1-4-23(5-2)27(25,26)19-9-6-8-18(16-19)20(24)21-12-7-13-22-14-10-17(3)11-15-22/h6,8-9,16-17H,4-5,7,10-15H2,1-3H3,(H,21,24). The summed E-state index contributed by atoms with van der Waals surface area (Å²) in [6.07, 6.45) is 3.40. The number of carbonyl (C=O) groups is 1. The Morgan fingerprint density at radius 1 is 1.22 bits per heavy atom. The molecule has 1 amide bonds. The number of rotatable bonds is 9. The molecule has 0 atom stereocenters. The van der Waals surface area contributed by atoms with Crippen LogP contribution in [0.15, 0.2) is 29.2 Å². The fraction of sp³-hybridized carbons (Fsp3) is 0.650. The fourth-order valence-corrected chi connectivity index (χ4v) is 4.91. The Morgan fingerprint density at radius 3 is 2.52 bits per heavy atom. The minimum Gasteiger partial charge on any atom is -0.352 e. The minimum absolute atomic E-state index is 0.168.